The highest BCUT2D eigenvalue weighted by Crippen LogP contribution is 2.35. The van der Waals surface area contributed by atoms with E-state index in [1.54, 1.807) is 18.6 Å². The van der Waals surface area contributed by atoms with Gasteiger partial charge in [-0.3, -0.25) is 29.7 Å². The van der Waals surface area contributed by atoms with E-state index in [0.717, 1.165) is 56.1 Å². The molecule has 0 aliphatic carbocycles. The van der Waals surface area contributed by atoms with Gasteiger partial charge in [-0.2, -0.15) is 5.10 Å². The van der Waals surface area contributed by atoms with Crippen molar-refractivity contribution >= 4 is 0 Å². The molecule has 2 aliphatic heterocycles. The number of nitrogens with zero attached hydrogens (tertiary/aromatic N) is 6. The number of nitrogens with one attached hydrogen (secondary N) is 1. The summed E-state index contributed by atoms with van der Waals surface area (Å²) >= 11 is 0. The van der Waals surface area contributed by atoms with Gasteiger partial charge in [0.1, 0.15) is 0 Å². The number of fused-ring (bicyclic) bond motifs is 4. The van der Waals surface area contributed by atoms with E-state index in [4.69, 9.17) is 0 Å². The van der Waals surface area contributed by atoms with Crippen molar-refractivity contribution in [3.8, 4) is 0 Å². The van der Waals surface area contributed by atoms with Crippen LogP contribution in [0.3, 0.4) is 0 Å². The summed E-state index contributed by atoms with van der Waals surface area (Å²) in [5.74, 6) is 0.905. The second-order valence-electron chi connectivity index (χ2n) is 8.64. The second-order valence-corrected chi connectivity index (χ2v) is 8.64. The van der Waals surface area contributed by atoms with Crippen molar-refractivity contribution in [1.29, 1.82) is 0 Å². The third kappa shape index (κ3) is 3.93. The molecule has 2 atom stereocenters. The van der Waals surface area contributed by atoms with Crippen molar-refractivity contribution in [3.05, 3.63) is 76.0 Å². The number of hydrogen-bond acceptors (Lipinski definition) is 6. The predicted octanol–water partition coefficient (Wildman–Crippen LogP) is 1.61. The van der Waals surface area contributed by atoms with Gasteiger partial charge in [-0.25, -0.2) is 0 Å². The molecule has 2 bridgehead atoms. The molecule has 1 saturated heterocycles. The predicted molar refractivity (Wildman–Crippen MR) is 113 cm³/mol. The molecule has 1 fully saturated rings. The van der Waals surface area contributed by atoms with Crippen LogP contribution in [-0.2, 0) is 26.2 Å². The average Bonchev–Trinajstić information content (AvgIpc) is 3.24. The molecule has 156 valence electrons. The average molecular weight is 406 g/mol. The van der Waals surface area contributed by atoms with Gasteiger partial charge in [0.15, 0.2) is 0 Å². The van der Waals surface area contributed by atoms with Crippen molar-refractivity contribution in [1.82, 2.24) is 34.5 Å². The summed E-state index contributed by atoms with van der Waals surface area (Å²) in [6.07, 6.45) is 8.22. The maximum Gasteiger partial charge on any atom is 0.255 e. The van der Waals surface area contributed by atoms with Gasteiger partial charge in [-0.1, -0.05) is 6.07 Å². The van der Waals surface area contributed by atoms with Crippen LogP contribution in [0.1, 0.15) is 35.0 Å². The van der Waals surface area contributed by atoms with E-state index in [1.807, 2.05) is 29.9 Å². The van der Waals surface area contributed by atoms with Gasteiger partial charge < -0.3 is 4.57 Å². The van der Waals surface area contributed by atoms with E-state index in [9.17, 15) is 4.79 Å². The normalized spacial score (nSPS) is 21.0. The molecule has 0 saturated carbocycles. The van der Waals surface area contributed by atoms with Crippen molar-refractivity contribution in [2.45, 2.75) is 38.5 Å². The van der Waals surface area contributed by atoms with Crippen LogP contribution in [0.15, 0.2) is 47.8 Å². The standard InChI is InChI=1S/C22H27N7O/c1-27(14-19-4-5-25-26-19)12-17-2-3-21-18-8-16(11-29(21)22(17)30)10-28(13-18)15-20-9-23-6-7-24-20/h2-7,9,16,18H,8,10-15H2,1H3,(H,25,26)/t16-,18+/m0/s1. The Balaban J connectivity index is 1.31. The van der Waals surface area contributed by atoms with Crippen LogP contribution in [0.25, 0.3) is 0 Å². The number of aromatic nitrogens is 5. The van der Waals surface area contributed by atoms with E-state index < -0.39 is 0 Å². The van der Waals surface area contributed by atoms with Gasteiger partial charge in [0.2, 0.25) is 0 Å². The van der Waals surface area contributed by atoms with Crippen molar-refractivity contribution in [2.75, 3.05) is 20.1 Å². The molecule has 5 rings (SSSR count). The van der Waals surface area contributed by atoms with Gasteiger partial charge in [0, 0.05) is 86.9 Å². The van der Waals surface area contributed by atoms with Crippen LogP contribution in [0.2, 0.25) is 0 Å². The molecule has 8 nitrogen and oxygen atoms in total. The summed E-state index contributed by atoms with van der Waals surface area (Å²) in [6.45, 7) is 4.96. The molecule has 3 aromatic rings. The summed E-state index contributed by atoms with van der Waals surface area (Å²) in [5, 5.41) is 6.97. The molecule has 0 spiro atoms. The minimum Gasteiger partial charge on any atom is -0.312 e. The van der Waals surface area contributed by atoms with E-state index in [0.29, 0.717) is 18.4 Å². The Morgan fingerprint density at radius 3 is 2.87 bits per heavy atom. The lowest BCUT2D eigenvalue weighted by atomic mass is 9.83. The molecule has 0 aromatic carbocycles. The van der Waals surface area contributed by atoms with Gasteiger partial charge in [0.25, 0.3) is 5.56 Å². The Morgan fingerprint density at radius 2 is 2.07 bits per heavy atom. The minimum absolute atomic E-state index is 0.168. The number of hydrogen-bond donors (Lipinski definition) is 1. The van der Waals surface area contributed by atoms with E-state index >= 15 is 0 Å². The third-order valence-electron chi connectivity index (χ3n) is 6.20. The highest BCUT2D eigenvalue weighted by atomic mass is 16.1. The number of rotatable bonds is 6. The summed E-state index contributed by atoms with van der Waals surface area (Å²) in [6, 6.07) is 6.16. The fourth-order valence-corrected chi connectivity index (χ4v) is 4.99. The van der Waals surface area contributed by atoms with E-state index in [-0.39, 0.29) is 5.56 Å². The topological polar surface area (TPSA) is 82.9 Å². The molecule has 2 aliphatic rings. The number of likely N-dealkylation sites (tertiary alicyclic amines) is 1. The number of aromatic amines is 1. The SMILES string of the molecule is CN(Cc1ccn[nH]1)Cc1ccc2n(c1=O)C[C@H]1C[C@@H]2CN(Cc2cnccn2)C1. The first-order valence-electron chi connectivity index (χ1n) is 10.5. The fraction of sp³-hybridized carbons (Fsp3) is 0.455. The maximum absolute atomic E-state index is 13.2. The Bertz CT molecular complexity index is 1050. The third-order valence-corrected chi connectivity index (χ3v) is 6.20. The Kier molecular flexibility index (Phi) is 5.18. The van der Waals surface area contributed by atoms with Crippen molar-refractivity contribution in [3.63, 3.8) is 0 Å². The molecule has 0 amide bonds. The van der Waals surface area contributed by atoms with Crippen molar-refractivity contribution in [2.24, 2.45) is 5.92 Å². The first-order valence-corrected chi connectivity index (χ1v) is 10.5. The van der Waals surface area contributed by atoms with Crippen molar-refractivity contribution < 1.29 is 0 Å². The molecular formula is C22H27N7O. The number of piperidine rings is 1. The Hall–Kier alpha value is -2.84. The molecule has 3 aromatic heterocycles. The fourth-order valence-electron chi connectivity index (χ4n) is 4.99. The highest BCUT2D eigenvalue weighted by Gasteiger charge is 2.35. The van der Waals surface area contributed by atoms with Crippen LogP contribution >= 0.6 is 0 Å². The molecule has 0 radical (unpaired) electrons. The summed E-state index contributed by atoms with van der Waals surface area (Å²) < 4.78 is 2.04. The van der Waals surface area contributed by atoms with Gasteiger partial charge in [-0.15, -0.1) is 0 Å². The summed E-state index contributed by atoms with van der Waals surface area (Å²) in [4.78, 5) is 26.4. The quantitative estimate of drug-likeness (QED) is 0.671. The minimum atomic E-state index is 0.168. The first-order chi connectivity index (χ1) is 14.7. The van der Waals surface area contributed by atoms with E-state index in [1.165, 1.54) is 5.69 Å². The van der Waals surface area contributed by atoms with E-state index in [2.05, 4.69) is 36.0 Å². The summed E-state index contributed by atoms with van der Waals surface area (Å²) in [7, 11) is 2.03. The Labute approximate surface area is 175 Å². The summed E-state index contributed by atoms with van der Waals surface area (Å²) in [5.41, 5.74) is 4.26. The number of H-pyrrole nitrogens is 1. The molecule has 1 N–H and O–H groups in total. The number of pyridine rings is 1. The second kappa shape index (κ2) is 8.12. The monoisotopic (exact) mass is 405 g/mol. The van der Waals surface area contributed by atoms with Crippen LogP contribution in [0.5, 0.6) is 0 Å². The van der Waals surface area contributed by atoms with Gasteiger partial charge >= 0.3 is 0 Å². The first kappa shape index (κ1) is 19.1. The lowest BCUT2D eigenvalue weighted by Gasteiger charge is -2.42. The molecular weight excluding hydrogens is 378 g/mol. The van der Waals surface area contributed by atoms with Crippen LogP contribution < -0.4 is 5.56 Å². The highest BCUT2D eigenvalue weighted by molar-refractivity contribution is 5.22. The Morgan fingerprint density at radius 1 is 1.13 bits per heavy atom. The largest absolute Gasteiger partial charge is 0.312 e. The van der Waals surface area contributed by atoms with Gasteiger partial charge in [-0.05, 0) is 31.5 Å². The lowest BCUT2D eigenvalue weighted by Crippen LogP contribution is -2.47. The lowest BCUT2D eigenvalue weighted by molar-refractivity contribution is 0.113. The van der Waals surface area contributed by atoms with Crippen LogP contribution in [0, 0.1) is 5.92 Å². The maximum atomic E-state index is 13.2. The zero-order valence-electron chi connectivity index (χ0n) is 17.2. The van der Waals surface area contributed by atoms with Crippen LogP contribution in [-0.4, -0.2) is 54.7 Å². The molecule has 30 heavy (non-hydrogen) atoms. The van der Waals surface area contributed by atoms with Crippen LogP contribution in [0.4, 0.5) is 0 Å². The zero-order valence-corrected chi connectivity index (χ0v) is 17.2. The molecule has 5 heterocycles. The smallest absolute Gasteiger partial charge is 0.255 e. The molecule has 0 unspecified atom stereocenters. The van der Waals surface area contributed by atoms with Gasteiger partial charge in [0.05, 0.1) is 5.69 Å². The zero-order chi connectivity index (χ0) is 20.5. The molecule has 8 heteroatoms.